The molecule has 1 N–H and O–H groups in total. The molecule has 0 radical (unpaired) electrons. The molecule has 1 heterocycles. The van der Waals surface area contributed by atoms with Crippen molar-refractivity contribution in [2.24, 2.45) is 0 Å². The van der Waals surface area contributed by atoms with E-state index in [2.05, 4.69) is 0 Å². The highest BCUT2D eigenvalue weighted by Crippen LogP contribution is 2.40. The van der Waals surface area contributed by atoms with E-state index in [0.717, 1.165) is 29.0 Å². The zero-order chi connectivity index (χ0) is 25.0. The average molecular weight is 466 g/mol. The molecule has 0 spiro atoms. The van der Waals surface area contributed by atoms with Crippen LogP contribution >= 0.6 is 0 Å². The topological polar surface area (TPSA) is 73.3 Å². The molecule has 2 aromatic carbocycles. The number of amides is 1. The van der Waals surface area contributed by atoms with E-state index in [0.29, 0.717) is 25.3 Å². The Hall–Kier alpha value is -3.32. The fourth-order valence-corrected chi connectivity index (χ4v) is 4.05. The number of likely N-dealkylation sites (N-methyl/N-ethyl adjacent to an activating group) is 1. The Morgan fingerprint density at radius 1 is 1.06 bits per heavy atom. The summed E-state index contributed by atoms with van der Waals surface area (Å²) in [5.41, 5.74) is 3.24. The van der Waals surface area contributed by atoms with Gasteiger partial charge in [-0.25, -0.2) is 0 Å². The Balaban J connectivity index is 2.09. The lowest BCUT2D eigenvalue weighted by Gasteiger charge is -2.27. The number of rotatable bonds is 9. The van der Waals surface area contributed by atoms with E-state index in [-0.39, 0.29) is 11.3 Å². The van der Waals surface area contributed by atoms with Crippen molar-refractivity contribution in [1.29, 1.82) is 0 Å². The zero-order valence-corrected chi connectivity index (χ0v) is 21.0. The van der Waals surface area contributed by atoms with E-state index in [9.17, 15) is 14.7 Å². The highest BCUT2D eigenvalue weighted by molar-refractivity contribution is 6.46. The molecule has 1 fully saturated rings. The molecule has 1 aliphatic heterocycles. The predicted octanol–water partition coefficient (Wildman–Crippen LogP) is 3.83. The number of aliphatic hydroxyl groups is 1. The van der Waals surface area contributed by atoms with Crippen molar-refractivity contribution in [2.45, 2.75) is 26.3 Å². The van der Waals surface area contributed by atoms with Gasteiger partial charge in [0.15, 0.2) is 0 Å². The molecule has 1 aliphatic rings. The van der Waals surface area contributed by atoms with Gasteiger partial charge in [0, 0.05) is 38.4 Å². The number of hydrogen-bond donors (Lipinski definition) is 1. The van der Waals surface area contributed by atoms with Gasteiger partial charge in [0.05, 0.1) is 18.2 Å². The SMILES string of the molecule is CCCOc1ccc(C(O)=C2C(=O)C(=O)N(CCN(C)C)C2c2ccc(N(C)C)cc2)cc1C. The second-order valence-electron chi connectivity index (χ2n) is 9.11. The second kappa shape index (κ2) is 10.7. The molecule has 182 valence electrons. The first kappa shape index (κ1) is 25.3. The molecule has 0 aromatic heterocycles. The summed E-state index contributed by atoms with van der Waals surface area (Å²) in [5.74, 6) is -0.690. The smallest absolute Gasteiger partial charge is 0.295 e. The van der Waals surface area contributed by atoms with E-state index < -0.39 is 17.7 Å². The van der Waals surface area contributed by atoms with E-state index in [1.54, 1.807) is 23.1 Å². The maximum absolute atomic E-state index is 13.2. The largest absolute Gasteiger partial charge is 0.507 e. The zero-order valence-electron chi connectivity index (χ0n) is 21.0. The van der Waals surface area contributed by atoms with E-state index in [4.69, 9.17) is 4.74 Å². The summed E-state index contributed by atoms with van der Waals surface area (Å²) in [6.07, 6.45) is 0.893. The first-order valence-electron chi connectivity index (χ1n) is 11.6. The Kier molecular flexibility index (Phi) is 7.99. The van der Waals surface area contributed by atoms with Crippen molar-refractivity contribution in [1.82, 2.24) is 9.80 Å². The van der Waals surface area contributed by atoms with E-state index in [1.807, 2.05) is 76.1 Å². The number of nitrogens with zero attached hydrogens (tertiary/aromatic N) is 3. The summed E-state index contributed by atoms with van der Waals surface area (Å²) in [6.45, 7) is 5.51. The van der Waals surface area contributed by atoms with E-state index >= 15 is 0 Å². The number of likely N-dealkylation sites (tertiary alicyclic amines) is 1. The van der Waals surface area contributed by atoms with Crippen molar-refractivity contribution in [3.63, 3.8) is 0 Å². The van der Waals surface area contributed by atoms with Gasteiger partial charge >= 0.3 is 0 Å². The third kappa shape index (κ3) is 5.25. The Labute approximate surface area is 202 Å². The molecule has 0 aliphatic carbocycles. The van der Waals surface area contributed by atoms with Crippen LogP contribution in [0.5, 0.6) is 5.75 Å². The molecule has 0 saturated carbocycles. The van der Waals surface area contributed by atoms with Gasteiger partial charge < -0.3 is 24.5 Å². The third-order valence-electron chi connectivity index (χ3n) is 5.96. The lowest BCUT2D eigenvalue weighted by molar-refractivity contribution is -0.140. The van der Waals surface area contributed by atoms with Gasteiger partial charge in [-0.3, -0.25) is 9.59 Å². The number of ether oxygens (including phenoxy) is 1. The molecule has 1 unspecified atom stereocenters. The second-order valence-corrected chi connectivity index (χ2v) is 9.11. The molecule has 1 amide bonds. The van der Waals surface area contributed by atoms with E-state index in [1.165, 1.54) is 0 Å². The summed E-state index contributed by atoms with van der Waals surface area (Å²) in [6, 6.07) is 12.4. The van der Waals surface area contributed by atoms with Crippen molar-refractivity contribution in [3.05, 3.63) is 64.7 Å². The van der Waals surface area contributed by atoms with Crippen molar-refractivity contribution < 1.29 is 19.4 Å². The lowest BCUT2D eigenvalue weighted by Crippen LogP contribution is -2.35. The standard InChI is InChI=1S/C27H35N3O4/c1-7-16-34-22-13-10-20(17-18(22)2)25(31)23-24(19-8-11-21(12-9-19)29(5)6)30(15-14-28(3)4)27(33)26(23)32/h8-13,17,24,31H,7,14-16H2,1-6H3. The highest BCUT2D eigenvalue weighted by Gasteiger charge is 2.45. The Morgan fingerprint density at radius 2 is 1.74 bits per heavy atom. The highest BCUT2D eigenvalue weighted by atomic mass is 16.5. The van der Waals surface area contributed by atoms with Gasteiger partial charge in [-0.1, -0.05) is 19.1 Å². The number of ketones is 1. The maximum Gasteiger partial charge on any atom is 0.295 e. The first-order chi connectivity index (χ1) is 16.1. The average Bonchev–Trinajstić information content (AvgIpc) is 3.06. The minimum absolute atomic E-state index is 0.114. The fraction of sp³-hybridized carbons (Fsp3) is 0.407. The van der Waals surface area contributed by atoms with Gasteiger partial charge in [0.2, 0.25) is 0 Å². The number of Topliss-reactive ketones (excluding diaryl/α,β-unsaturated/α-hetero) is 1. The van der Waals surface area contributed by atoms with Crippen LogP contribution in [-0.4, -0.2) is 74.5 Å². The number of carbonyl (C=O) groups excluding carboxylic acids is 2. The Bertz CT molecular complexity index is 1070. The number of anilines is 1. The summed E-state index contributed by atoms with van der Waals surface area (Å²) in [5, 5.41) is 11.3. The third-order valence-corrected chi connectivity index (χ3v) is 5.96. The minimum Gasteiger partial charge on any atom is -0.507 e. The van der Waals surface area contributed by atoms with Gasteiger partial charge in [0.25, 0.3) is 11.7 Å². The van der Waals surface area contributed by atoms with Gasteiger partial charge in [-0.15, -0.1) is 0 Å². The summed E-state index contributed by atoms with van der Waals surface area (Å²) in [4.78, 5) is 31.7. The summed E-state index contributed by atoms with van der Waals surface area (Å²) >= 11 is 0. The monoisotopic (exact) mass is 465 g/mol. The normalized spacial score (nSPS) is 17.5. The van der Waals surface area contributed by atoms with Crippen molar-refractivity contribution in [3.8, 4) is 5.75 Å². The first-order valence-corrected chi connectivity index (χ1v) is 11.6. The minimum atomic E-state index is -0.665. The fourth-order valence-electron chi connectivity index (χ4n) is 4.05. The Morgan fingerprint density at radius 3 is 2.29 bits per heavy atom. The van der Waals surface area contributed by atoms with Crippen LogP contribution < -0.4 is 9.64 Å². The molecule has 1 atom stereocenters. The molecule has 1 saturated heterocycles. The lowest BCUT2D eigenvalue weighted by atomic mass is 9.94. The van der Waals surface area contributed by atoms with Crippen LogP contribution in [0.4, 0.5) is 5.69 Å². The molecular weight excluding hydrogens is 430 g/mol. The molecule has 7 nitrogen and oxygen atoms in total. The number of hydrogen-bond acceptors (Lipinski definition) is 6. The van der Waals surface area contributed by atoms with Crippen LogP contribution in [-0.2, 0) is 9.59 Å². The van der Waals surface area contributed by atoms with Crippen molar-refractivity contribution in [2.75, 3.05) is 52.8 Å². The molecule has 0 bridgehead atoms. The van der Waals surface area contributed by atoms with Crippen LogP contribution in [0.3, 0.4) is 0 Å². The predicted molar refractivity (Wildman–Crippen MR) is 135 cm³/mol. The molecular formula is C27H35N3O4. The van der Waals surface area contributed by atoms with Crippen LogP contribution in [0.1, 0.15) is 36.1 Å². The number of benzene rings is 2. The van der Waals surface area contributed by atoms with Crippen LogP contribution in [0.15, 0.2) is 48.0 Å². The van der Waals surface area contributed by atoms with Gasteiger partial charge in [-0.05, 0) is 68.9 Å². The summed E-state index contributed by atoms with van der Waals surface area (Å²) in [7, 11) is 7.74. The number of aliphatic hydroxyl groups excluding tert-OH is 1. The molecule has 34 heavy (non-hydrogen) atoms. The number of aryl methyl sites for hydroxylation is 1. The van der Waals surface area contributed by atoms with Gasteiger partial charge in [-0.2, -0.15) is 0 Å². The van der Waals surface area contributed by atoms with Gasteiger partial charge in [0.1, 0.15) is 11.5 Å². The van der Waals surface area contributed by atoms with Crippen LogP contribution in [0, 0.1) is 6.92 Å². The molecule has 7 heteroatoms. The van der Waals surface area contributed by atoms with Crippen molar-refractivity contribution >= 4 is 23.1 Å². The molecule has 3 rings (SSSR count). The molecule has 2 aromatic rings. The summed E-state index contributed by atoms with van der Waals surface area (Å²) < 4.78 is 5.74. The quantitative estimate of drug-likeness (QED) is 0.345. The number of carbonyl (C=O) groups is 2. The van der Waals surface area contributed by atoms with Crippen LogP contribution in [0.25, 0.3) is 5.76 Å². The van der Waals surface area contributed by atoms with Crippen LogP contribution in [0.2, 0.25) is 0 Å². The maximum atomic E-state index is 13.2.